The molecule has 0 amide bonds. The fourth-order valence-corrected chi connectivity index (χ4v) is 6.75. The Kier molecular flexibility index (Phi) is 20.6. The maximum absolute atomic E-state index is 10.7. The molecule has 2 heterocycles. The molecule has 0 aliphatic rings. The van der Waals surface area contributed by atoms with Crippen molar-refractivity contribution in [3.05, 3.63) is 146 Å². The average molecular weight is 961 g/mol. The van der Waals surface area contributed by atoms with Gasteiger partial charge in [0.25, 0.3) is 0 Å². The number of carbonyl (C=O) groups excluding carboxylic acids is 2. The molecule has 0 spiro atoms. The van der Waals surface area contributed by atoms with Gasteiger partial charge in [-0.05, 0) is 83.6 Å². The first-order valence-electron chi connectivity index (χ1n) is 21.3. The van der Waals surface area contributed by atoms with Crippen LogP contribution in [0, 0.1) is 0 Å². The van der Waals surface area contributed by atoms with E-state index in [0.29, 0.717) is 59.1 Å². The van der Waals surface area contributed by atoms with E-state index in [1.807, 2.05) is 109 Å². The minimum absolute atomic E-state index is 0. The zero-order chi connectivity index (χ0) is 47.8. The van der Waals surface area contributed by atoms with Crippen LogP contribution < -0.4 is 88.3 Å². The van der Waals surface area contributed by atoms with Gasteiger partial charge in [0, 0.05) is 46.3 Å². The molecule has 0 aliphatic heterocycles. The molecule has 2 aromatic heterocycles. The van der Waals surface area contributed by atoms with Crippen LogP contribution in [0.4, 0.5) is 0 Å². The number of carbonyl (C=O) groups is 4. The predicted molar refractivity (Wildman–Crippen MR) is 247 cm³/mol. The molecule has 0 radical (unpaired) electrons. The monoisotopic (exact) mass is 960 g/mol. The van der Waals surface area contributed by atoms with Gasteiger partial charge in [-0.1, -0.05) is 97.1 Å². The van der Waals surface area contributed by atoms with Crippen LogP contribution in [-0.2, 0) is 19.2 Å². The Hall–Kier alpha value is -6.92. The Bertz CT molecular complexity index is 2870. The van der Waals surface area contributed by atoms with E-state index in [1.54, 1.807) is 36.4 Å². The summed E-state index contributed by atoms with van der Waals surface area (Å²) in [6.45, 7) is -0.435. The van der Waals surface area contributed by atoms with Gasteiger partial charge in [-0.15, -0.1) is 0 Å². The number of ether oxygens (including phenoxy) is 4. The number of hydrogen-bond acceptors (Lipinski definition) is 14. The second-order valence-electron chi connectivity index (χ2n) is 15.0. The van der Waals surface area contributed by atoms with Gasteiger partial charge in [0.1, 0.15) is 11.5 Å². The first kappa shape index (κ1) is 54.0. The largest absolute Gasteiger partial charge is 1.00 e. The van der Waals surface area contributed by atoms with Crippen LogP contribution in [0.1, 0.15) is 25.7 Å². The van der Waals surface area contributed by atoms with Crippen molar-refractivity contribution in [1.82, 2.24) is 19.9 Å². The molecule has 0 fully saturated rings. The molecule has 8 aromatic rings. The minimum Gasteiger partial charge on any atom is -0.550 e. The number of carboxylic acids is 4. The fourth-order valence-electron chi connectivity index (χ4n) is 6.75. The Balaban J connectivity index is 0.000000254. The summed E-state index contributed by atoms with van der Waals surface area (Å²) in [6.07, 6.45) is 0.438. The van der Waals surface area contributed by atoms with Gasteiger partial charge in [-0.25, -0.2) is 19.6 Å². The van der Waals surface area contributed by atoms with Gasteiger partial charge >= 0.3 is 71.1 Å². The summed E-state index contributed by atoms with van der Waals surface area (Å²) >= 11 is 0. The van der Waals surface area contributed by atoms with Gasteiger partial charge in [0.15, 0.2) is 24.9 Å². The number of benzene rings is 6. The van der Waals surface area contributed by atoms with Gasteiger partial charge in [-0.3, -0.25) is 0 Å². The molecule has 16 nitrogen and oxygen atoms in total. The van der Waals surface area contributed by atoms with Crippen molar-refractivity contribution in [3.8, 4) is 68.5 Å². The summed E-state index contributed by atoms with van der Waals surface area (Å²) in [5.41, 5.74) is 4.68. The van der Waals surface area contributed by atoms with Crippen LogP contribution in [0.2, 0.25) is 0 Å². The van der Waals surface area contributed by atoms with Crippen LogP contribution >= 0.6 is 0 Å². The molecule has 70 heavy (non-hydrogen) atoms. The second-order valence-corrected chi connectivity index (χ2v) is 15.0. The fraction of sp³-hybridized carbons (Fsp3) is 0.154. The standard InChI is InChI=1S/2C26H22N2O6.2Na/c2*29-24(30)7-4-12-33-23-15-22(17-5-2-1-3-6-17)27-26(28-23)20-9-8-19-14-21(34-16-25(31)32)11-10-18(19)13-20;;/h2*1-3,5-6,8-11,13-15H,4,7,12,16H2,(H,29,30)(H,31,32);;/q;;2*+1/p-2. The van der Waals surface area contributed by atoms with E-state index in [4.69, 9.17) is 39.1 Å². The van der Waals surface area contributed by atoms with Crippen molar-refractivity contribution in [3.63, 3.8) is 0 Å². The summed E-state index contributed by atoms with van der Waals surface area (Å²) in [5, 5.41) is 42.5. The molecule has 6 aromatic carbocycles. The van der Waals surface area contributed by atoms with Crippen molar-refractivity contribution in [2.75, 3.05) is 26.4 Å². The number of aromatic nitrogens is 4. The van der Waals surface area contributed by atoms with Gasteiger partial charge < -0.3 is 49.0 Å². The van der Waals surface area contributed by atoms with Gasteiger partial charge in [-0.2, -0.15) is 9.97 Å². The molecule has 0 bridgehead atoms. The quantitative estimate of drug-likeness (QED) is 0.0788. The second kappa shape index (κ2) is 26.7. The van der Waals surface area contributed by atoms with Crippen LogP contribution in [0.3, 0.4) is 0 Å². The molecular formula is C52H42N4Na2O12. The van der Waals surface area contributed by atoms with Crippen molar-refractivity contribution in [1.29, 1.82) is 0 Å². The van der Waals surface area contributed by atoms with Crippen molar-refractivity contribution < 1.29 is 118 Å². The summed E-state index contributed by atoms with van der Waals surface area (Å²) in [5.74, 6) is -1.76. The molecule has 8 rings (SSSR count). The number of rotatable bonds is 20. The van der Waals surface area contributed by atoms with Crippen molar-refractivity contribution >= 4 is 45.4 Å². The van der Waals surface area contributed by atoms with E-state index in [1.165, 1.54) is 0 Å². The third-order valence-electron chi connectivity index (χ3n) is 9.96. The maximum Gasteiger partial charge on any atom is 1.00 e. The van der Waals surface area contributed by atoms with Crippen LogP contribution in [-0.4, -0.2) is 80.5 Å². The number of hydrogen-bond donors (Lipinski definition) is 2. The molecule has 2 N–H and O–H groups in total. The van der Waals surface area contributed by atoms with Crippen LogP contribution in [0.5, 0.6) is 23.3 Å². The summed E-state index contributed by atoms with van der Waals surface area (Å²) < 4.78 is 21.9. The zero-order valence-corrected chi connectivity index (χ0v) is 42.3. The number of nitrogens with zero attached hydrogens (tertiary/aromatic N) is 4. The van der Waals surface area contributed by atoms with E-state index >= 15 is 0 Å². The third-order valence-corrected chi connectivity index (χ3v) is 9.96. The minimum atomic E-state index is -1.12. The Morgan fingerprint density at radius 2 is 0.800 bits per heavy atom. The first-order chi connectivity index (χ1) is 32.9. The van der Waals surface area contributed by atoms with Crippen LogP contribution in [0.25, 0.3) is 66.8 Å². The first-order valence-corrected chi connectivity index (χ1v) is 21.3. The predicted octanol–water partition coefficient (Wildman–Crippen LogP) is 0.680. The van der Waals surface area contributed by atoms with E-state index in [9.17, 15) is 29.4 Å². The number of aliphatic carboxylic acids is 4. The molecule has 0 aliphatic carbocycles. The Morgan fingerprint density at radius 1 is 0.429 bits per heavy atom. The summed E-state index contributed by atoms with van der Waals surface area (Å²) in [4.78, 5) is 61.3. The Labute approximate surface area is 445 Å². The summed E-state index contributed by atoms with van der Waals surface area (Å²) in [7, 11) is 0. The summed E-state index contributed by atoms with van der Waals surface area (Å²) in [6, 6.07) is 44.7. The third kappa shape index (κ3) is 16.1. The topological polar surface area (TPSA) is 243 Å². The molecule has 0 unspecified atom stereocenters. The number of fused-ring (bicyclic) bond motifs is 2. The van der Waals surface area contributed by atoms with Crippen molar-refractivity contribution in [2.45, 2.75) is 25.7 Å². The normalized spacial score (nSPS) is 10.4. The van der Waals surface area contributed by atoms with E-state index in [-0.39, 0.29) is 85.2 Å². The van der Waals surface area contributed by atoms with Crippen LogP contribution in [0.15, 0.2) is 146 Å². The zero-order valence-electron chi connectivity index (χ0n) is 38.3. The van der Waals surface area contributed by atoms with E-state index in [0.717, 1.165) is 43.8 Å². The average Bonchev–Trinajstić information content (AvgIpc) is 3.35. The van der Waals surface area contributed by atoms with Gasteiger partial charge in [0.2, 0.25) is 11.8 Å². The Morgan fingerprint density at radius 3 is 1.17 bits per heavy atom. The molecule has 0 saturated heterocycles. The van der Waals surface area contributed by atoms with E-state index < -0.39 is 37.1 Å². The van der Waals surface area contributed by atoms with Crippen molar-refractivity contribution in [2.24, 2.45) is 0 Å². The molecule has 344 valence electrons. The van der Waals surface area contributed by atoms with E-state index in [2.05, 4.69) is 9.97 Å². The number of carboxylic acid groups (broad SMARTS) is 4. The molecule has 0 atom stereocenters. The molecule has 0 saturated carbocycles. The van der Waals surface area contributed by atoms with Gasteiger partial charge in [0.05, 0.1) is 24.6 Å². The molecule has 18 heteroatoms. The maximum atomic E-state index is 10.7. The SMILES string of the molecule is O=C([O-])CCCOc1cc(-c2ccccc2)nc(-c2ccc3cc(OCC(=O)O)ccc3c2)n1.O=C([O-])CCCOc1cc(-c2ccccc2)nc(-c2ccc3cc(OCC(=O)O)ccc3c2)n1.[Na+].[Na+]. The smallest absolute Gasteiger partial charge is 0.550 e. The molecular weight excluding hydrogens is 919 g/mol.